The van der Waals surface area contributed by atoms with Gasteiger partial charge in [-0.3, -0.25) is 4.79 Å². The van der Waals surface area contributed by atoms with Crippen molar-refractivity contribution in [3.63, 3.8) is 0 Å². The zero-order valence-corrected chi connectivity index (χ0v) is 16.0. The van der Waals surface area contributed by atoms with Crippen LogP contribution in [0.5, 0.6) is 5.75 Å². The molecule has 7 heteroatoms. The van der Waals surface area contributed by atoms with Gasteiger partial charge in [0.2, 0.25) is 15.9 Å². The van der Waals surface area contributed by atoms with Crippen molar-refractivity contribution in [2.24, 2.45) is 0 Å². The van der Waals surface area contributed by atoms with Crippen molar-refractivity contribution >= 4 is 15.9 Å². The molecule has 0 saturated heterocycles. The van der Waals surface area contributed by atoms with Gasteiger partial charge < -0.3 is 9.64 Å². The highest BCUT2D eigenvalue weighted by Crippen LogP contribution is 2.20. The number of sulfonamides is 1. The zero-order chi connectivity index (χ0) is 19.2. The summed E-state index contributed by atoms with van der Waals surface area (Å²) in [6.45, 7) is 4.21. The lowest BCUT2D eigenvalue weighted by molar-refractivity contribution is -0.130. The first-order chi connectivity index (χ1) is 12.4. The van der Waals surface area contributed by atoms with Crippen LogP contribution < -0.4 is 9.46 Å². The van der Waals surface area contributed by atoms with Crippen molar-refractivity contribution in [2.45, 2.75) is 25.3 Å². The molecule has 1 amide bonds. The van der Waals surface area contributed by atoms with Crippen molar-refractivity contribution in [1.29, 1.82) is 0 Å². The molecular weight excluding hydrogens is 352 g/mol. The van der Waals surface area contributed by atoms with Crippen LogP contribution in [-0.4, -0.2) is 39.4 Å². The smallest absolute Gasteiger partial charge is 0.241 e. The monoisotopic (exact) mass is 376 g/mol. The first-order valence-corrected chi connectivity index (χ1v) is 9.81. The highest BCUT2D eigenvalue weighted by molar-refractivity contribution is 7.89. The second kappa shape index (κ2) is 8.82. The summed E-state index contributed by atoms with van der Waals surface area (Å²) in [6.07, 6.45) is 0. The molecule has 0 unspecified atom stereocenters. The normalized spacial score (nSPS) is 11.2. The molecule has 0 aromatic heterocycles. The fourth-order valence-corrected chi connectivity index (χ4v) is 3.78. The summed E-state index contributed by atoms with van der Waals surface area (Å²) in [6, 6.07) is 14.3. The highest BCUT2D eigenvalue weighted by atomic mass is 32.2. The van der Waals surface area contributed by atoms with Gasteiger partial charge in [0.05, 0.1) is 18.6 Å². The van der Waals surface area contributed by atoms with Gasteiger partial charge in [0.15, 0.2) is 0 Å². The van der Waals surface area contributed by atoms with E-state index >= 15 is 0 Å². The van der Waals surface area contributed by atoms with Gasteiger partial charge in [-0.25, -0.2) is 13.1 Å². The van der Waals surface area contributed by atoms with Gasteiger partial charge >= 0.3 is 0 Å². The average Bonchev–Trinajstić information content (AvgIpc) is 2.64. The van der Waals surface area contributed by atoms with Crippen LogP contribution in [-0.2, 0) is 21.4 Å². The lowest BCUT2D eigenvalue weighted by Crippen LogP contribution is -2.39. The van der Waals surface area contributed by atoms with Crippen LogP contribution in [0.15, 0.2) is 53.4 Å². The van der Waals surface area contributed by atoms with Crippen LogP contribution >= 0.6 is 0 Å². The van der Waals surface area contributed by atoms with Gasteiger partial charge in [-0.1, -0.05) is 30.3 Å². The molecule has 2 rings (SSSR count). The van der Waals surface area contributed by atoms with Crippen LogP contribution in [0.2, 0.25) is 0 Å². The molecule has 0 aliphatic heterocycles. The number of aryl methyl sites for hydroxylation is 1. The SMILES string of the molecule is CCN(Cc1ccccc1)C(=O)CNS(=O)(=O)c1ccc(OC)cc1C. The van der Waals surface area contributed by atoms with Gasteiger partial charge in [0.25, 0.3) is 0 Å². The lowest BCUT2D eigenvalue weighted by atomic mass is 10.2. The van der Waals surface area contributed by atoms with E-state index in [0.717, 1.165) is 5.56 Å². The molecule has 26 heavy (non-hydrogen) atoms. The molecule has 0 aliphatic carbocycles. The third kappa shape index (κ3) is 5.06. The molecule has 0 aliphatic rings. The van der Waals surface area contributed by atoms with Crippen molar-refractivity contribution in [2.75, 3.05) is 20.2 Å². The van der Waals surface area contributed by atoms with E-state index in [1.807, 2.05) is 37.3 Å². The third-order valence-electron chi connectivity index (χ3n) is 4.04. The van der Waals surface area contributed by atoms with Crippen molar-refractivity contribution < 1.29 is 17.9 Å². The summed E-state index contributed by atoms with van der Waals surface area (Å²) in [5, 5.41) is 0. The largest absolute Gasteiger partial charge is 0.497 e. The number of nitrogens with one attached hydrogen (secondary N) is 1. The Bertz CT molecular complexity index is 851. The molecule has 0 atom stereocenters. The van der Waals surface area contributed by atoms with E-state index in [1.54, 1.807) is 24.0 Å². The first kappa shape index (κ1) is 19.9. The molecule has 140 valence electrons. The predicted octanol–water partition coefficient (Wildman–Crippen LogP) is 2.33. The predicted molar refractivity (Wildman–Crippen MR) is 100 cm³/mol. The van der Waals surface area contributed by atoms with Crippen molar-refractivity contribution in [1.82, 2.24) is 9.62 Å². The molecule has 0 heterocycles. The summed E-state index contributed by atoms with van der Waals surface area (Å²) < 4.78 is 32.5. The van der Waals surface area contributed by atoms with Crippen LogP contribution in [0.25, 0.3) is 0 Å². The molecule has 0 fully saturated rings. The van der Waals surface area contributed by atoms with Gasteiger partial charge in [-0.2, -0.15) is 0 Å². The summed E-state index contributed by atoms with van der Waals surface area (Å²) >= 11 is 0. The minimum Gasteiger partial charge on any atom is -0.497 e. The molecule has 0 radical (unpaired) electrons. The number of likely N-dealkylation sites (N-methyl/N-ethyl adjacent to an activating group) is 1. The number of carbonyl (C=O) groups is 1. The Kier molecular flexibility index (Phi) is 6.76. The molecular formula is C19H24N2O4S. The Hall–Kier alpha value is -2.38. The fraction of sp³-hybridized carbons (Fsp3) is 0.316. The highest BCUT2D eigenvalue weighted by Gasteiger charge is 2.20. The third-order valence-corrected chi connectivity index (χ3v) is 5.60. The van der Waals surface area contributed by atoms with Crippen LogP contribution in [0.4, 0.5) is 0 Å². The second-order valence-corrected chi connectivity index (χ2v) is 7.58. The average molecular weight is 376 g/mol. The quantitative estimate of drug-likeness (QED) is 0.767. The number of methoxy groups -OCH3 is 1. The van der Waals surface area contributed by atoms with E-state index in [2.05, 4.69) is 4.72 Å². The maximum atomic E-state index is 12.5. The van der Waals surface area contributed by atoms with E-state index in [-0.39, 0.29) is 17.3 Å². The summed E-state index contributed by atoms with van der Waals surface area (Å²) in [4.78, 5) is 14.2. The number of ether oxygens (including phenoxy) is 1. The molecule has 2 aromatic carbocycles. The Morgan fingerprint density at radius 1 is 1.15 bits per heavy atom. The Labute approximate surface area is 154 Å². The standard InChI is InChI=1S/C19H24N2O4S/c1-4-21(14-16-8-6-5-7-9-16)19(22)13-20-26(23,24)18-11-10-17(25-3)12-15(18)2/h5-12,20H,4,13-14H2,1-3H3. The van der Waals surface area contributed by atoms with E-state index in [4.69, 9.17) is 4.74 Å². The maximum Gasteiger partial charge on any atom is 0.241 e. The summed E-state index contributed by atoms with van der Waals surface area (Å²) in [7, 11) is -2.26. The van der Waals surface area contributed by atoms with Gasteiger partial charge in [0.1, 0.15) is 5.75 Å². The van der Waals surface area contributed by atoms with Crippen molar-refractivity contribution in [3.05, 3.63) is 59.7 Å². The molecule has 6 nitrogen and oxygen atoms in total. The number of hydrogen-bond acceptors (Lipinski definition) is 4. The molecule has 0 saturated carbocycles. The fourth-order valence-electron chi connectivity index (χ4n) is 2.58. The first-order valence-electron chi connectivity index (χ1n) is 8.33. The van der Waals surface area contributed by atoms with E-state index in [0.29, 0.717) is 24.4 Å². The number of rotatable bonds is 8. The summed E-state index contributed by atoms with van der Waals surface area (Å²) in [5.41, 5.74) is 1.55. The number of benzene rings is 2. The number of carbonyl (C=O) groups excluding carboxylic acids is 1. The van der Waals surface area contributed by atoms with E-state index < -0.39 is 10.0 Å². The van der Waals surface area contributed by atoms with Crippen LogP contribution in [0.3, 0.4) is 0 Å². The summed E-state index contributed by atoms with van der Waals surface area (Å²) in [5.74, 6) is 0.309. The van der Waals surface area contributed by atoms with Crippen LogP contribution in [0, 0.1) is 6.92 Å². The maximum absolute atomic E-state index is 12.5. The van der Waals surface area contributed by atoms with E-state index in [9.17, 15) is 13.2 Å². The Balaban J connectivity index is 2.04. The molecule has 1 N–H and O–H groups in total. The van der Waals surface area contributed by atoms with E-state index in [1.165, 1.54) is 13.2 Å². The minimum absolute atomic E-state index is 0.136. The number of nitrogens with zero attached hydrogens (tertiary/aromatic N) is 1. The Morgan fingerprint density at radius 3 is 2.42 bits per heavy atom. The lowest BCUT2D eigenvalue weighted by Gasteiger charge is -2.21. The second-order valence-electron chi connectivity index (χ2n) is 5.85. The van der Waals surface area contributed by atoms with Crippen LogP contribution in [0.1, 0.15) is 18.1 Å². The Morgan fingerprint density at radius 2 is 1.85 bits per heavy atom. The molecule has 2 aromatic rings. The van der Waals surface area contributed by atoms with Gasteiger partial charge in [-0.15, -0.1) is 0 Å². The topological polar surface area (TPSA) is 75.7 Å². The molecule has 0 bridgehead atoms. The molecule has 0 spiro atoms. The van der Waals surface area contributed by atoms with Crippen molar-refractivity contribution in [3.8, 4) is 5.75 Å². The van der Waals surface area contributed by atoms with Gasteiger partial charge in [-0.05, 0) is 43.2 Å². The van der Waals surface area contributed by atoms with Gasteiger partial charge in [0, 0.05) is 13.1 Å². The minimum atomic E-state index is -3.78. The number of amides is 1. The zero-order valence-electron chi connectivity index (χ0n) is 15.2. The number of hydrogen-bond donors (Lipinski definition) is 1.